The monoisotopic (exact) mass is 656 g/mol. The van der Waals surface area contributed by atoms with Crippen LogP contribution < -0.4 is 19.9 Å². The summed E-state index contributed by atoms with van der Waals surface area (Å²) < 4.78 is 47.2. The lowest BCUT2D eigenvalue weighted by Gasteiger charge is -2.43. The highest BCUT2D eigenvalue weighted by molar-refractivity contribution is 7.81. The van der Waals surface area contributed by atoms with Crippen LogP contribution in [0.2, 0.25) is 0 Å². The van der Waals surface area contributed by atoms with Gasteiger partial charge in [-0.1, -0.05) is 6.92 Å². The third-order valence-electron chi connectivity index (χ3n) is 8.78. The van der Waals surface area contributed by atoms with Crippen molar-refractivity contribution in [1.82, 2.24) is 15.2 Å². The lowest BCUT2D eigenvalue weighted by atomic mass is 9.75. The van der Waals surface area contributed by atoms with E-state index in [0.717, 1.165) is 54.5 Å². The SMILES string of the molecule is CCc1cc(N2C(=S)N(c3cnc(C#N)c(C(F)(F)F)c3)C(=O)C23CCC3)ccc1OCCN1CC2CCC(C1)N2.Cl.Cl. The van der Waals surface area contributed by atoms with Gasteiger partial charge in [-0.25, -0.2) is 4.98 Å². The van der Waals surface area contributed by atoms with Crippen LogP contribution in [-0.2, 0) is 17.4 Å². The summed E-state index contributed by atoms with van der Waals surface area (Å²) in [6.07, 6.45) is 1.32. The fourth-order valence-corrected chi connectivity index (χ4v) is 7.04. The molecule has 4 aliphatic rings. The van der Waals surface area contributed by atoms with Crippen molar-refractivity contribution >= 4 is 59.4 Å². The minimum atomic E-state index is -4.80. The number of ether oxygens (including phenoxy) is 1. The van der Waals surface area contributed by atoms with Crippen molar-refractivity contribution in [2.24, 2.45) is 0 Å². The molecule has 3 aliphatic heterocycles. The van der Waals surface area contributed by atoms with Gasteiger partial charge in [0.15, 0.2) is 10.8 Å². The Hall–Kier alpha value is -2.69. The second-order valence-corrected chi connectivity index (χ2v) is 11.6. The average Bonchev–Trinajstić information content (AvgIpc) is 3.39. The summed E-state index contributed by atoms with van der Waals surface area (Å²) in [4.78, 5) is 22.8. The third kappa shape index (κ3) is 5.90. The van der Waals surface area contributed by atoms with Gasteiger partial charge in [-0.15, -0.1) is 24.8 Å². The van der Waals surface area contributed by atoms with Crippen LogP contribution in [-0.4, -0.2) is 64.8 Å². The van der Waals surface area contributed by atoms with Gasteiger partial charge in [-0.3, -0.25) is 14.6 Å². The first-order valence-electron chi connectivity index (χ1n) is 14.0. The van der Waals surface area contributed by atoms with E-state index in [0.29, 0.717) is 43.6 Å². The summed E-state index contributed by atoms with van der Waals surface area (Å²) >= 11 is 5.74. The number of thiocarbonyl (C=S) groups is 1. The van der Waals surface area contributed by atoms with E-state index in [9.17, 15) is 18.0 Å². The summed E-state index contributed by atoms with van der Waals surface area (Å²) in [5.41, 5.74) is -1.34. The summed E-state index contributed by atoms with van der Waals surface area (Å²) in [5, 5.41) is 12.9. The second-order valence-electron chi connectivity index (χ2n) is 11.2. The van der Waals surface area contributed by atoms with Crippen LogP contribution in [0.25, 0.3) is 0 Å². The van der Waals surface area contributed by atoms with Crippen LogP contribution in [0.15, 0.2) is 30.5 Å². The number of rotatable bonds is 7. The van der Waals surface area contributed by atoms with Crippen LogP contribution in [0.3, 0.4) is 0 Å². The van der Waals surface area contributed by atoms with Crippen LogP contribution in [0.4, 0.5) is 24.5 Å². The van der Waals surface area contributed by atoms with E-state index in [1.807, 2.05) is 25.1 Å². The van der Waals surface area contributed by atoms with Gasteiger partial charge in [0.05, 0.1) is 17.4 Å². The highest BCUT2D eigenvalue weighted by Crippen LogP contribution is 2.48. The standard InChI is InChI=1S/C29H31F3N6O2S.2ClH/c1-2-18-12-21(6-7-25(18)40-11-10-36-16-19-4-5-20(17-36)35-19)38-27(41)37(26(39)28(38)8-3-9-28)22-13-23(29(30,31)32)24(14-33)34-15-22;;/h6-7,12-13,15,19-20,35H,2-5,8-11,16-17H2,1H3;2*1H. The average molecular weight is 658 g/mol. The maximum absolute atomic E-state index is 13.8. The number of carbonyl (C=O) groups excluding carboxylic acids is 1. The maximum atomic E-state index is 13.8. The molecule has 1 aromatic carbocycles. The summed E-state index contributed by atoms with van der Waals surface area (Å²) in [5.74, 6) is 0.396. The summed E-state index contributed by atoms with van der Waals surface area (Å²) in [7, 11) is 0. The number of hydrogen-bond acceptors (Lipinski definition) is 7. The molecular weight excluding hydrogens is 624 g/mol. The molecule has 2 bridgehead atoms. The molecule has 43 heavy (non-hydrogen) atoms. The topological polar surface area (TPSA) is 84.7 Å². The molecule has 1 aliphatic carbocycles. The molecule has 0 radical (unpaired) electrons. The van der Waals surface area contributed by atoms with Gasteiger partial charge in [0.2, 0.25) is 0 Å². The molecule has 4 heterocycles. The van der Waals surface area contributed by atoms with Crippen LogP contribution in [0, 0.1) is 11.3 Å². The highest BCUT2D eigenvalue weighted by Gasteiger charge is 2.59. The number of pyridine rings is 1. The van der Waals surface area contributed by atoms with E-state index in [-0.39, 0.29) is 41.5 Å². The molecule has 4 fully saturated rings. The number of anilines is 2. The van der Waals surface area contributed by atoms with Crippen molar-refractivity contribution in [3.05, 3.63) is 47.3 Å². The molecular formula is C29H33Cl2F3N6O2S. The van der Waals surface area contributed by atoms with Crippen molar-refractivity contribution < 1.29 is 22.7 Å². The lowest BCUT2D eigenvalue weighted by molar-refractivity contribution is -0.138. The number of hydrogen-bond donors (Lipinski definition) is 1. The number of piperazine rings is 1. The van der Waals surface area contributed by atoms with Gasteiger partial charge in [-0.2, -0.15) is 18.4 Å². The van der Waals surface area contributed by atoms with Crippen molar-refractivity contribution in [2.45, 2.75) is 69.2 Å². The number of likely N-dealkylation sites (tertiary alicyclic amines) is 1. The molecule has 1 N–H and O–H groups in total. The maximum Gasteiger partial charge on any atom is 0.419 e. The number of aromatic nitrogens is 1. The van der Waals surface area contributed by atoms with E-state index >= 15 is 0 Å². The predicted octanol–water partition coefficient (Wildman–Crippen LogP) is 5.25. The molecule has 14 heteroatoms. The van der Waals surface area contributed by atoms with Gasteiger partial charge in [0, 0.05) is 37.4 Å². The van der Waals surface area contributed by atoms with Crippen LogP contribution in [0.5, 0.6) is 5.75 Å². The number of aryl methyl sites for hydroxylation is 1. The Morgan fingerprint density at radius 1 is 1.16 bits per heavy atom. The van der Waals surface area contributed by atoms with Crippen molar-refractivity contribution in [1.29, 1.82) is 5.26 Å². The second kappa shape index (κ2) is 12.7. The van der Waals surface area contributed by atoms with E-state index in [1.54, 1.807) is 4.90 Å². The molecule has 6 rings (SSSR count). The Balaban J connectivity index is 0.00000212. The lowest BCUT2D eigenvalue weighted by Crippen LogP contribution is -2.55. The smallest absolute Gasteiger partial charge is 0.419 e. The zero-order valence-electron chi connectivity index (χ0n) is 23.5. The van der Waals surface area contributed by atoms with E-state index in [1.165, 1.54) is 18.9 Å². The zero-order valence-corrected chi connectivity index (χ0v) is 26.0. The Morgan fingerprint density at radius 2 is 1.86 bits per heavy atom. The Morgan fingerprint density at radius 3 is 2.44 bits per heavy atom. The van der Waals surface area contributed by atoms with E-state index in [4.69, 9.17) is 22.2 Å². The first-order valence-corrected chi connectivity index (χ1v) is 14.5. The molecule has 2 atom stereocenters. The largest absolute Gasteiger partial charge is 0.492 e. The molecule has 2 unspecified atom stereocenters. The number of nitriles is 1. The normalized spacial score (nSPS) is 22.6. The van der Waals surface area contributed by atoms with Crippen molar-refractivity contribution in [3.8, 4) is 11.8 Å². The minimum absolute atomic E-state index is 0. The highest BCUT2D eigenvalue weighted by atomic mass is 35.5. The molecule has 1 aromatic heterocycles. The van der Waals surface area contributed by atoms with E-state index in [2.05, 4.69) is 15.2 Å². The third-order valence-corrected chi connectivity index (χ3v) is 9.14. The van der Waals surface area contributed by atoms with Gasteiger partial charge in [0.1, 0.15) is 24.0 Å². The Labute approximate surface area is 266 Å². The number of carbonyl (C=O) groups is 1. The van der Waals surface area contributed by atoms with Crippen molar-refractivity contribution in [3.63, 3.8) is 0 Å². The fraction of sp³-hybridized carbons (Fsp3) is 0.517. The van der Waals surface area contributed by atoms with Gasteiger partial charge in [0.25, 0.3) is 5.91 Å². The van der Waals surface area contributed by atoms with Crippen molar-refractivity contribution in [2.75, 3.05) is 36.0 Å². The fourth-order valence-electron chi connectivity index (χ4n) is 6.57. The van der Waals surface area contributed by atoms with Gasteiger partial charge >= 0.3 is 6.18 Å². The molecule has 3 saturated heterocycles. The number of benzene rings is 1. The first-order chi connectivity index (χ1) is 19.6. The van der Waals surface area contributed by atoms with Gasteiger partial charge in [-0.05, 0) is 80.6 Å². The van der Waals surface area contributed by atoms with Crippen LogP contribution >= 0.6 is 37.0 Å². The summed E-state index contributed by atoms with van der Waals surface area (Å²) in [6.45, 7) is 5.52. The number of nitrogens with zero attached hydrogens (tertiary/aromatic N) is 5. The number of amides is 1. The quantitative estimate of drug-likeness (QED) is 0.405. The summed E-state index contributed by atoms with van der Waals surface area (Å²) in [6, 6.07) is 9.12. The van der Waals surface area contributed by atoms with Gasteiger partial charge < -0.3 is 15.0 Å². The molecule has 1 spiro atoms. The predicted molar refractivity (Wildman–Crippen MR) is 165 cm³/mol. The minimum Gasteiger partial charge on any atom is -0.492 e. The molecule has 1 saturated carbocycles. The number of alkyl halides is 3. The first kappa shape index (κ1) is 33.2. The number of nitrogens with one attached hydrogen (secondary N) is 1. The molecule has 2 aromatic rings. The Bertz CT molecular complexity index is 1420. The molecule has 232 valence electrons. The number of fused-ring (bicyclic) bond motifs is 2. The zero-order chi connectivity index (χ0) is 28.9. The number of halogens is 5. The van der Waals surface area contributed by atoms with E-state index < -0.39 is 23.0 Å². The Kier molecular flexibility index (Phi) is 9.83. The molecule has 8 nitrogen and oxygen atoms in total. The van der Waals surface area contributed by atoms with Crippen LogP contribution in [0.1, 0.15) is 55.8 Å². The molecule has 1 amide bonds.